The maximum Gasteiger partial charge on any atom is 0.305 e. The number of benzene rings is 2. The molecule has 16 nitrogen and oxygen atoms in total. The van der Waals surface area contributed by atoms with E-state index in [1.165, 1.54) is 28.1 Å². The SMILES string of the molecule is CCC(=O)O[C@H](C)[C@H](O)C(=O)[C@@H](OC)[C@@H]1Cc2cc3cc(OC(C)OC(C)[C@@H](COCOC(C)CCO)OC(C)=O)c(C)c(O)c3c(O)c2C(=O)[C@H]1OC. The minimum Gasteiger partial charge on any atom is -0.507 e. The van der Waals surface area contributed by atoms with Crippen molar-refractivity contribution in [3.63, 3.8) is 0 Å². The molecule has 4 N–H and O–H groups in total. The fraction of sp³-hybridized carbons (Fsp3) is 0.632. The number of rotatable bonds is 21. The molecule has 0 spiro atoms. The summed E-state index contributed by atoms with van der Waals surface area (Å²) in [5, 5.41) is 42.9. The number of phenolic OH excluding ortho intramolecular Hbond substituents is 2. The molecule has 1 aliphatic rings. The lowest BCUT2D eigenvalue weighted by atomic mass is 9.75. The predicted molar refractivity (Wildman–Crippen MR) is 191 cm³/mol. The number of carbonyl (C=O) groups is 4. The largest absolute Gasteiger partial charge is 0.507 e. The molecule has 1 aliphatic carbocycles. The van der Waals surface area contributed by atoms with Crippen molar-refractivity contribution in [2.24, 2.45) is 5.92 Å². The minimum absolute atomic E-state index is 0.00820. The van der Waals surface area contributed by atoms with Crippen molar-refractivity contribution in [2.45, 2.75) is 117 Å². The molecule has 0 amide bonds. The molecule has 54 heavy (non-hydrogen) atoms. The molecule has 2 aromatic carbocycles. The van der Waals surface area contributed by atoms with Gasteiger partial charge in [-0.3, -0.25) is 19.2 Å². The van der Waals surface area contributed by atoms with Gasteiger partial charge < -0.3 is 58.3 Å². The van der Waals surface area contributed by atoms with Crippen LogP contribution in [0.15, 0.2) is 12.1 Å². The van der Waals surface area contributed by atoms with Crippen molar-refractivity contribution in [1.82, 2.24) is 0 Å². The van der Waals surface area contributed by atoms with Crippen LogP contribution >= 0.6 is 0 Å². The van der Waals surface area contributed by atoms with Crippen molar-refractivity contribution < 1.29 is 77.5 Å². The van der Waals surface area contributed by atoms with Crippen LogP contribution in [0.5, 0.6) is 17.2 Å². The van der Waals surface area contributed by atoms with Crippen molar-refractivity contribution in [1.29, 1.82) is 0 Å². The number of ether oxygens (including phenoxy) is 8. The smallest absolute Gasteiger partial charge is 0.305 e. The lowest BCUT2D eigenvalue weighted by Gasteiger charge is -2.36. The van der Waals surface area contributed by atoms with Crippen LogP contribution in [0.4, 0.5) is 0 Å². The lowest BCUT2D eigenvalue weighted by Crippen LogP contribution is -2.51. The first-order chi connectivity index (χ1) is 25.5. The van der Waals surface area contributed by atoms with Gasteiger partial charge in [-0.2, -0.15) is 0 Å². The van der Waals surface area contributed by atoms with E-state index in [9.17, 15) is 34.5 Å². The average Bonchev–Trinajstić information content (AvgIpc) is 3.11. The van der Waals surface area contributed by atoms with Gasteiger partial charge in [-0.05, 0) is 70.5 Å². The number of hydrogen-bond donors (Lipinski definition) is 4. The van der Waals surface area contributed by atoms with Crippen LogP contribution < -0.4 is 4.74 Å². The number of Topliss-reactive ketones (excluding diaryl/α,β-unsaturated/α-hetero) is 2. The number of carbonyl (C=O) groups excluding carboxylic acids is 4. The third-order valence-corrected chi connectivity index (χ3v) is 9.32. The number of phenols is 2. The zero-order chi connectivity index (χ0) is 40.4. The number of aliphatic hydroxyl groups is 2. The van der Waals surface area contributed by atoms with E-state index in [1.807, 2.05) is 0 Å². The molecular formula is C38H54O16. The van der Waals surface area contributed by atoms with Gasteiger partial charge in [-0.25, -0.2) is 0 Å². The maximum atomic E-state index is 13.9. The number of fused-ring (bicyclic) bond motifs is 2. The van der Waals surface area contributed by atoms with Gasteiger partial charge in [0.05, 0.1) is 29.8 Å². The fourth-order valence-electron chi connectivity index (χ4n) is 6.39. The number of aromatic hydroxyl groups is 2. The molecule has 3 unspecified atom stereocenters. The second-order valence-electron chi connectivity index (χ2n) is 13.3. The Bertz CT molecular complexity index is 1620. The van der Waals surface area contributed by atoms with E-state index in [4.69, 9.17) is 43.0 Å². The van der Waals surface area contributed by atoms with Crippen LogP contribution in [-0.4, -0.2) is 127 Å². The first kappa shape index (κ1) is 44.5. The van der Waals surface area contributed by atoms with E-state index in [2.05, 4.69) is 0 Å². The van der Waals surface area contributed by atoms with Crippen LogP contribution in [0, 0.1) is 12.8 Å². The Balaban J connectivity index is 1.89. The van der Waals surface area contributed by atoms with E-state index in [0.29, 0.717) is 17.4 Å². The van der Waals surface area contributed by atoms with Crippen LogP contribution in [0.3, 0.4) is 0 Å². The average molecular weight is 767 g/mol. The highest BCUT2D eigenvalue weighted by molar-refractivity contribution is 6.11. The van der Waals surface area contributed by atoms with Crippen LogP contribution in [0.25, 0.3) is 10.8 Å². The van der Waals surface area contributed by atoms with Gasteiger partial charge in [0, 0.05) is 45.7 Å². The first-order valence-corrected chi connectivity index (χ1v) is 17.8. The van der Waals surface area contributed by atoms with E-state index >= 15 is 0 Å². The minimum atomic E-state index is -1.76. The molecule has 0 aliphatic heterocycles. The highest BCUT2D eigenvalue weighted by atomic mass is 16.7. The zero-order valence-electron chi connectivity index (χ0n) is 32.3. The summed E-state index contributed by atoms with van der Waals surface area (Å²) in [5.74, 6) is -4.26. The molecule has 16 heteroatoms. The summed E-state index contributed by atoms with van der Waals surface area (Å²) >= 11 is 0. The summed E-state index contributed by atoms with van der Waals surface area (Å²) in [6.07, 6.45) is -7.87. The first-order valence-electron chi connectivity index (χ1n) is 17.8. The van der Waals surface area contributed by atoms with Crippen molar-refractivity contribution in [3.8, 4) is 17.2 Å². The molecule has 0 heterocycles. The number of esters is 2. The quantitative estimate of drug-likeness (QED) is 0.0814. The molecule has 302 valence electrons. The molecule has 0 fully saturated rings. The van der Waals surface area contributed by atoms with Crippen molar-refractivity contribution >= 4 is 34.3 Å². The van der Waals surface area contributed by atoms with Gasteiger partial charge in [-0.1, -0.05) is 6.92 Å². The summed E-state index contributed by atoms with van der Waals surface area (Å²) < 4.78 is 44.6. The number of hydrogen-bond acceptors (Lipinski definition) is 16. The maximum absolute atomic E-state index is 13.9. The molecule has 0 saturated heterocycles. The van der Waals surface area contributed by atoms with Gasteiger partial charge in [0.2, 0.25) is 0 Å². The van der Waals surface area contributed by atoms with Crippen LogP contribution in [0.1, 0.15) is 75.9 Å². The van der Waals surface area contributed by atoms with Gasteiger partial charge in [0.15, 0.2) is 30.1 Å². The lowest BCUT2D eigenvalue weighted by molar-refractivity contribution is -0.185. The molecule has 3 rings (SSSR count). The molecule has 0 radical (unpaired) electrons. The highest BCUT2D eigenvalue weighted by Gasteiger charge is 2.46. The molecule has 0 saturated carbocycles. The van der Waals surface area contributed by atoms with Crippen molar-refractivity contribution in [3.05, 3.63) is 28.8 Å². The Kier molecular flexibility index (Phi) is 16.6. The Morgan fingerprint density at radius 2 is 1.69 bits per heavy atom. The fourth-order valence-corrected chi connectivity index (χ4v) is 6.39. The Labute approximate surface area is 314 Å². The monoisotopic (exact) mass is 766 g/mol. The second kappa shape index (κ2) is 20.1. The summed E-state index contributed by atoms with van der Waals surface area (Å²) in [6, 6.07) is 3.14. The van der Waals surface area contributed by atoms with E-state index in [1.54, 1.807) is 46.8 Å². The topological polar surface area (TPSA) is 223 Å². The number of methoxy groups -OCH3 is 2. The molecule has 0 bridgehead atoms. The second-order valence-corrected chi connectivity index (χ2v) is 13.3. The van der Waals surface area contributed by atoms with Crippen molar-refractivity contribution in [2.75, 3.05) is 34.2 Å². The number of ketones is 2. The molecular weight excluding hydrogens is 712 g/mol. The third kappa shape index (κ3) is 10.6. The van der Waals surface area contributed by atoms with E-state index in [-0.39, 0.29) is 67.0 Å². The summed E-state index contributed by atoms with van der Waals surface area (Å²) in [6.45, 7) is 10.6. The molecule has 2 aromatic rings. The predicted octanol–water partition coefficient (Wildman–Crippen LogP) is 3.04. The Morgan fingerprint density at radius 1 is 1.00 bits per heavy atom. The van der Waals surface area contributed by atoms with Crippen LogP contribution in [-0.2, 0) is 54.0 Å². The van der Waals surface area contributed by atoms with Gasteiger partial charge in [0.1, 0.15) is 42.4 Å². The number of aliphatic hydroxyl groups excluding tert-OH is 2. The molecule has 0 aromatic heterocycles. The summed E-state index contributed by atoms with van der Waals surface area (Å²) in [7, 11) is 2.51. The van der Waals surface area contributed by atoms with Gasteiger partial charge in [-0.15, -0.1) is 0 Å². The highest BCUT2D eigenvalue weighted by Crippen LogP contribution is 2.46. The molecule has 9 atom stereocenters. The Hall–Kier alpha value is -3.90. The van der Waals surface area contributed by atoms with Gasteiger partial charge in [0.25, 0.3) is 0 Å². The normalized spacial score (nSPS) is 19.6. The zero-order valence-corrected chi connectivity index (χ0v) is 32.3. The summed E-state index contributed by atoms with van der Waals surface area (Å²) in [4.78, 5) is 50.9. The standard InChI is InChI=1S/C38H54O16/c1-10-29(41)52-21(5)33(43)36(46)38(48-9)26-14-24-13-25-15-27(19(3)32(42)30(25)34(44)31(24)35(45)37(26)47-8)54-23(7)51-20(4)28(53-22(6)40)16-49-17-50-18(2)11-12-39/h13,15,18,20-21,23,26,28,33,37-39,42-44H,10-12,14,16-17H2,1-9H3/t18?,20?,21-,23?,26-,28-,33+,37+,38+/m1/s1. The third-order valence-electron chi connectivity index (χ3n) is 9.32. The van der Waals surface area contributed by atoms with E-state index < -0.39 is 78.1 Å². The van der Waals surface area contributed by atoms with Crippen LogP contribution in [0.2, 0.25) is 0 Å². The van der Waals surface area contributed by atoms with E-state index in [0.717, 1.165) is 0 Å². The summed E-state index contributed by atoms with van der Waals surface area (Å²) in [5.41, 5.74) is 0.458. The van der Waals surface area contributed by atoms with Gasteiger partial charge >= 0.3 is 11.9 Å². The Morgan fingerprint density at radius 3 is 2.28 bits per heavy atom.